The molecule has 0 fully saturated rings. The number of carbonyl (C=O) groups is 1. The molecule has 0 spiro atoms. The predicted molar refractivity (Wildman–Crippen MR) is 89.4 cm³/mol. The van der Waals surface area contributed by atoms with Crippen LogP contribution in [0.5, 0.6) is 5.75 Å². The zero-order valence-corrected chi connectivity index (χ0v) is 14.2. The monoisotopic (exact) mass is 308 g/mol. The van der Waals surface area contributed by atoms with Crippen LogP contribution in [0.4, 0.5) is 10.5 Å². The minimum atomic E-state index is -0.432. The van der Waals surface area contributed by atoms with Crippen molar-refractivity contribution in [2.75, 3.05) is 11.9 Å². The van der Waals surface area contributed by atoms with Gasteiger partial charge in [-0.25, -0.2) is 4.79 Å². The van der Waals surface area contributed by atoms with Gasteiger partial charge in [0.15, 0.2) is 0 Å². The van der Waals surface area contributed by atoms with E-state index in [-0.39, 0.29) is 18.2 Å². The molecule has 5 heteroatoms. The number of hydrogen-bond donors (Lipinski definition) is 3. The van der Waals surface area contributed by atoms with Crippen molar-refractivity contribution in [2.45, 2.75) is 58.6 Å². The first-order valence-corrected chi connectivity index (χ1v) is 7.67. The Labute approximate surface area is 133 Å². The molecular weight excluding hydrogens is 280 g/mol. The lowest BCUT2D eigenvalue weighted by molar-refractivity contribution is 0.132. The fourth-order valence-electron chi connectivity index (χ4n) is 1.99. The molecule has 1 aromatic rings. The molecule has 0 aromatic heterocycles. The Hall–Kier alpha value is -1.75. The van der Waals surface area contributed by atoms with Crippen LogP contribution in [0.3, 0.4) is 0 Å². The smallest absolute Gasteiger partial charge is 0.319 e. The van der Waals surface area contributed by atoms with E-state index in [2.05, 4.69) is 10.6 Å². The highest BCUT2D eigenvalue weighted by Gasteiger charge is 2.24. The molecule has 0 saturated carbocycles. The Balaban J connectivity index is 2.80. The van der Waals surface area contributed by atoms with Crippen molar-refractivity contribution in [2.24, 2.45) is 0 Å². The maximum absolute atomic E-state index is 12.2. The summed E-state index contributed by atoms with van der Waals surface area (Å²) in [5.41, 5.74) is -0.153. The van der Waals surface area contributed by atoms with Crippen molar-refractivity contribution in [1.82, 2.24) is 5.32 Å². The quantitative estimate of drug-likeness (QED) is 0.753. The van der Waals surface area contributed by atoms with E-state index in [0.717, 1.165) is 6.42 Å². The maximum atomic E-state index is 12.2. The number of rotatable bonds is 6. The highest BCUT2D eigenvalue weighted by molar-refractivity contribution is 5.91. The molecule has 3 N–H and O–H groups in total. The molecule has 1 unspecified atom stereocenters. The summed E-state index contributed by atoms with van der Waals surface area (Å²) in [6, 6.07) is 7.04. The number of aliphatic hydroxyl groups is 1. The van der Waals surface area contributed by atoms with Crippen molar-refractivity contribution >= 4 is 11.7 Å². The second kappa shape index (κ2) is 7.49. The predicted octanol–water partition coefficient (Wildman–Crippen LogP) is 3.54. The van der Waals surface area contributed by atoms with Crippen LogP contribution < -0.4 is 15.4 Å². The molecule has 1 aromatic carbocycles. The lowest BCUT2D eigenvalue weighted by atomic mass is 9.95. The van der Waals surface area contributed by atoms with E-state index in [1.54, 1.807) is 6.07 Å². The van der Waals surface area contributed by atoms with E-state index in [1.807, 2.05) is 52.8 Å². The van der Waals surface area contributed by atoms with Gasteiger partial charge in [0.25, 0.3) is 0 Å². The summed E-state index contributed by atoms with van der Waals surface area (Å²) in [5.74, 6) is 0.630. The normalized spacial score (nSPS) is 14.1. The Kier molecular flexibility index (Phi) is 6.23. The molecule has 0 radical (unpaired) electrons. The number of anilines is 1. The number of carbonyl (C=O) groups excluding carboxylic acids is 1. The molecule has 124 valence electrons. The summed E-state index contributed by atoms with van der Waals surface area (Å²) in [4.78, 5) is 12.2. The first-order chi connectivity index (χ1) is 10.2. The van der Waals surface area contributed by atoms with E-state index < -0.39 is 5.54 Å². The van der Waals surface area contributed by atoms with Crippen LogP contribution in [0.1, 0.15) is 47.5 Å². The van der Waals surface area contributed by atoms with Crippen molar-refractivity contribution in [1.29, 1.82) is 0 Å². The molecule has 2 amide bonds. The van der Waals surface area contributed by atoms with Gasteiger partial charge in [0.05, 0.1) is 5.69 Å². The summed E-state index contributed by atoms with van der Waals surface area (Å²) in [6.07, 6.45) is 1.25. The average Bonchev–Trinajstić information content (AvgIpc) is 2.39. The second-order valence-electron chi connectivity index (χ2n) is 6.68. The van der Waals surface area contributed by atoms with Crippen molar-refractivity contribution in [3.05, 3.63) is 24.3 Å². The van der Waals surface area contributed by atoms with E-state index in [4.69, 9.17) is 9.84 Å². The molecule has 0 heterocycles. The topological polar surface area (TPSA) is 70.6 Å². The highest BCUT2D eigenvalue weighted by atomic mass is 16.5. The van der Waals surface area contributed by atoms with Gasteiger partial charge in [0.1, 0.15) is 11.4 Å². The lowest BCUT2D eigenvalue weighted by Crippen LogP contribution is -2.48. The Morgan fingerprint density at radius 3 is 2.41 bits per heavy atom. The first kappa shape index (κ1) is 18.3. The third-order valence-electron chi connectivity index (χ3n) is 3.41. The van der Waals surface area contributed by atoms with Crippen LogP contribution in [0.2, 0.25) is 0 Å². The maximum Gasteiger partial charge on any atom is 0.319 e. The summed E-state index contributed by atoms with van der Waals surface area (Å²) in [7, 11) is 0. The third-order valence-corrected chi connectivity index (χ3v) is 3.41. The van der Waals surface area contributed by atoms with Gasteiger partial charge in [-0.05, 0) is 52.7 Å². The number of para-hydroxylation sites is 2. The first-order valence-electron chi connectivity index (χ1n) is 7.67. The largest absolute Gasteiger partial charge is 0.486 e. The molecule has 0 aliphatic carbocycles. The van der Waals surface area contributed by atoms with Crippen LogP contribution in [-0.2, 0) is 0 Å². The lowest BCUT2D eigenvalue weighted by Gasteiger charge is -2.29. The minimum Gasteiger partial charge on any atom is -0.486 e. The number of ether oxygens (including phenoxy) is 1. The van der Waals surface area contributed by atoms with Gasteiger partial charge in [0.2, 0.25) is 0 Å². The molecule has 1 rings (SSSR count). The number of urea groups is 1. The van der Waals surface area contributed by atoms with Crippen LogP contribution in [-0.4, -0.2) is 28.9 Å². The van der Waals surface area contributed by atoms with Gasteiger partial charge in [-0.2, -0.15) is 0 Å². The van der Waals surface area contributed by atoms with Gasteiger partial charge in [-0.15, -0.1) is 0 Å². The summed E-state index contributed by atoms with van der Waals surface area (Å²) in [5, 5.41) is 14.9. The van der Waals surface area contributed by atoms with Crippen LogP contribution in [0.15, 0.2) is 24.3 Å². The average molecular weight is 308 g/mol. The Bertz CT molecular complexity index is 497. The molecule has 1 atom stereocenters. The number of nitrogens with one attached hydrogen (secondary N) is 2. The molecule has 22 heavy (non-hydrogen) atoms. The summed E-state index contributed by atoms with van der Waals surface area (Å²) < 4.78 is 5.86. The number of amides is 2. The fraction of sp³-hybridized carbons (Fsp3) is 0.588. The van der Waals surface area contributed by atoms with E-state index in [0.29, 0.717) is 17.9 Å². The molecule has 0 saturated heterocycles. The molecule has 0 aliphatic heterocycles. The van der Waals surface area contributed by atoms with Crippen molar-refractivity contribution < 1.29 is 14.6 Å². The molecular formula is C17H28N2O3. The number of hydrogen-bond acceptors (Lipinski definition) is 3. The molecule has 5 nitrogen and oxygen atoms in total. The van der Waals surface area contributed by atoms with Gasteiger partial charge < -0.3 is 20.5 Å². The minimum absolute atomic E-state index is 0.0361. The SMILES string of the molecule is CCC(C)(CCO)NC(=O)Nc1ccccc1OC(C)(C)C. The fourth-order valence-corrected chi connectivity index (χ4v) is 1.99. The number of benzene rings is 1. The zero-order valence-electron chi connectivity index (χ0n) is 14.2. The standard InChI is InChI=1S/C17H28N2O3/c1-6-17(5,11-12-20)19-15(21)18-13-9-7-8-10-14(13)22-16(2,3)4/h7-10,20H,6,11-12H2,1-5H3,(H2,18,19,21). The molecule has 0 bridgehead atoms. The third kappa shape index (κ3) is 5.93. The zero-order chi connectivity index (χ0) is 16.8. The highest BCUT2D eigenvalue weighted by Crippen LogP contribution is 2.27. The summed E-state index contributed by atoms with van der Waals surface area (Å²) in [6.45, 7) is 9.80. The van der Waals surface area contributed by atoms with E-state index >= 15 is 0 Å². The van der Waals surface area contributed by atoms with Gasteiger partial charge in [-0.1, -0.05) is 19.1 Å². The van der Waals surface area contributed by atoms with Crippen LogP contribution in [0.25, 0.3) is 0 Å². The Morgan fingerprint density at radius 1 is 1.23 bits per heavy atom. The van der Waals surface area contributed by atoms with Gasteiger partial charge in [-0.3, -0.25) is 0 Å². The van der Waals surface area contributed by atoms with Crippen molar-refractivity contribution in [3.63, 3.8) is 0 Å². The second-order valence-corrected chi connectivity index (χ2v) is 6.68. The van der Waals surface area contributed by atoms with Crippen LogP contribution >= 0.6 is 0 Å². The number of aliphatic hydroxyl groups excluding tert-OH is 1. The Morgan fingerprint density at radius 2 is 1.86 bits per heavy atom. The van der Waals surface area contributed by atoms with Gasteiger partial charge >= 0.3 is 6.03 Å². The van der Waals surface area contributed by atoms with E-state index in [9.17, 15) is 4.79 Å². The van der Waals surface area contributed by atoms with Crippen molar-refractivity contribution in [3.8, 4) is 5.75 Å². The van der Waals surface area contributed by atoms with Crippen LogP contribution in [0, 0.1) is 0 Å². The van der Waals surface area contributed by atoms with Gasteiger partial charge in [0, 0.05) is 12.1 Å². The summed E-state index contributed by atoms with van der Waals surface area (Å²) >= 11 is 0. The van der Waals surface area contributed by atoms with E-state index in [1.165, 1.54) is 0 Å². The molecule has 0 aliphatic rings.